The number of nitrogens with two attached hydrogens (primary N) is 1. The van der Waals surface area contributed by atoms with E-state index < -0.39 is 0 Å². The molecule has 152 valence electrons. The van der Waals surface area contributed by atoms with E-state index in [0.29, 0.717) is 47.3 Å². The van der Waals surface area contributed by atoms with Crippen LogP contribution in [0, 0.1) is 11.3 Å². The maximum atomic E-state index is 13.3. The highest BCUT2D eigenvalue weighted by molar-refractivity contribution is 7.17. The average Bonchev–Trinajstić information content (AvgIpc) is 3.30. The van der Waals surface area contributed by atoms with E-state index in [1.54, 1.807) is 24.4 Å². The molecule has 1 fully saturated rings. The van der Waals surface area contributed by atoms with Gasteiger partial charge in [-0.15, -0.1) is 10.2 Å². The molecule has 0 radical (unpaired) electrons. The van der Waals surface area contributed by atoms with Gasteiger partial charge in [-0.2, -0.15) is 5.26 Å². The molecule has 1 aromatic carbocycles. The van der Waals surface area contributed by atoms with Crippen LogP contribution in [0.2, 0.25) is 0 Å². The van der Waals surface area contributed by atoms with Gasteiger partial charge in [0.25, 0.3) is 0 Å². The molecule has 2 N–H and O–H groups in total. The van der Waals surface area contributed by atoms with Crippen molar-refractivity contribution in [1.82, 2.24) is 15.2 Å². The van der Waals surface area contributed by atoms with E-state index in [1.807, 2.05) is 12.1 Å². The Labute approximate surface area is 177 Å². The number of ketones is 1. The zero-order valence-corrected chi connectivity index (χ0v) is 17.1. The van der Waals surface area contributed by atoms with Gasteiger partial charge in [-0.1, -0.05) is 23.5 Å². The minimum Gasteiger partial charge on any atom is -0.378 e. The van der Waals surface area contributed by atoms with E-state index in [9.17, 15) is 10.1 Å². The fraction of sp³-hybridized carbons (Fsp3) is 0.286. The molecular formula is C21H20N6O2S. The lowest BCUT2D eigenvalue weighted by molar-refractivity contribution is 0.103. The number of aromatic nitrogens is 3. The quantitative estimate of drug-likeness (QED) is 0.602. The zero-order chi connectivity index (χ0) is 20.9. The maximum absolute atomic E-state index is 13.3. The fourth-order valence-electron chi connectivity index (χ4n) is 3.23. The Morgan fingerprint density at radius 2 is 2.07 bits per heavy atom. The highest BCUT2D eigenvalue weighted by atomic mass is 32.1. The minimum atomic E-state index is -0.271. The molecule has 1 aliphatic rings. The van der Waals surface area contributed by atoms with Crippen molar-refractivity contribution in [3.63, 3.8) is 0 Å². The van der Waals surface area contributed by atoms with Gasteiger partial charge in [-0.25, -0.2) is 0 Å². The molecule has 0 atom stereocenters. The largest absolute Gasteiger partial charge is 0.378 e. The Kier molecular flexibility index (Phi) is 6.09. The summed E-state index contributed by atoms with van der Waals surface area (Å²) in [4.78, 5) is 19.8. The van der Waals surface area contributed by atoms with Crippen LogP contribution in [-0.4, -0.2) is 53.8 Å². The standard InChI is InChI=1S/C21H20N6O2S/c22-6-5-14-2-4-18(24-13-14)16-3-1-15(12-23)11-17(16)19(28)20-25-26-21(30-20)27-7-9-29-10-8-27/h1-4,11,13H,5-10,22H2. The van der Waals surface area contributed by atoms with Crippen LogP contribution in [0.1, 0.15) is 26.5 Å². The summed E-state index contributed by atoms with van der Waals surface area (Å²) >= 11 is 1.25. The number of nitrogens with zero attached hydrogens (tertiary/aromatic N) is 5. The van der Waals surface area contributed by atoms with E-state index >= 15 is 0 Å². The van der Waals surface area contributed by atoms with Crippen LogP contribution in [0.5, 0.6) is 0 Å². The number of benzene rings is 1. The number of carbonyl (C=O) groups is 1. The second kappa shape index (κ2) is 9.09. The zero-order valence-electron chi connectivity index (χ0n) is 16.2. The molecule has 9 heteroatoms. The van der Waals surface area contributed by atoms with E-state index in [1.165, 1.54) is 11.3 Å². The number of hydrogen-bond donors (Lipinski definition) is 1. The topological polar surface area (TPSA) is 118 Å². The normalized spacial score (nSPS) is 13.8. The Balaban J connectivity index is 1.68. The number of anilines is 1. The lowest BCUT2D eigenvalue weighted by Gasteiger charge is -2.25. The first-order chi connectivity index (χ1) is 14.7. The van der Waals surface area contributed by atoms with Crippen LogP contribution in [-0.2, 0) is 11.2 Å². The minimum absolute atomic E-state index is 0.271. The Bertz CT molecular complexity index is 1080. The van der Waals surface area contributed by atoms with Gasteiger partial charge in [-0.05, 0) is 36.7 Å². The fourth-order valence-corrected chi connectivity index (χ4v) is 4.08. The van der Waals surface area contributed by atoms with Crippen LogP contribution in [0.4, 0.5) is 5.13 Å². The second-order valence-corrected chi connectivity index (χ2v) is 7.74. The third kappa shape index (κ3) is 4.21. The molecule has 0 unspecified atom stereocenters. The highest BCUT2D eigenvalue weighted by Gasteiger charge is 2.23. The maximum Gasteiger partial charge on any atom is 0.224 e. The second-order valence-electron chi connectivity index (χ2n) is 6.78. The molecule has 3 heterocycles. The lowest BCUT2D eigenvalue weighted by Crippen LogP contribution is -2.36. The van der Waals surface area contributed by atoms with Gasteiger partial charge in [0.15, 0.2) is 5.01 Å². The van der Waals surface area contributed by atoms with Gasteiger partial charge in [0.1, 0.15) is 0 Å². The summed E-state index contributed by atoms with van der Waals surface area (Å²) in [7, 11) is 0. The molecule has 8 nitrogen and oxygen atoms in total. The number of rotatable bonds is 6. The van der Waals surface area contributed by atoms with Crippen molar-refractivity contribution in [2.24, 2.45) is 5.73 Å². The summed E-state index contributed by atoms with van der Waals surface area (Å²) in [6, 6.07) is 10.9. The van der Waals surface area contributed by atoms with Gasteiger partial charge in [0.05, 0.1) is 30.5 Å². The van der Waals surface area contributed by atoms with Crippen LogP contribution < -0.4 is 10.6 Å². The molecule has 1 aliphatic heterocycles. The van der Waals surface area contributed by atoms with Crippen LogP contribution in [0.3, 0.4) is 0 Å². The van der Waals surface area contributed by atoms with Crippen molar-refractivity contribution in [3.8, 4) is 17.3 Å². The van der Waals surface area contributed by atoms with Crippen molar-refractivity contribution in [1.29, 1.82) is 5.26 Å². The van der Waals surface area contributed by atoms with Gasteiger partial charge in [0, 0.05) is 30.4 Å². The number of morpholine rings is 1. The Morgan fingerprint density at radius 3 is 2.77 bits per heavy atom. The molecule has 1 saturated heterocycles. The lowest BCUT2D eigenvalue weighted by atomic mass is 9.98. The van der Waals surface area contributed by atoms with E-state index in [4.69, 9.17) is 10.5 Å². The molecule has 30 heavy (non-hydrogen) atoms. The van der Waals surface area contributed by atoms with E-state index in [0.717, 1.165) is 25.1 Å². The van der Waals surface area contributed by atoms with E-state index in [-0.39, 0.29) is 10.8 Å². The molecule has 0 saturated carbocycles. The number of pyridine rings is 1. The van der Waals surface area contributed by atoms with Gasteiger partial charge in [0.2, 0.25) is 10.9 Å². The van der Waals surface area contributed by atoms with E-state index in [2.05, 4.69) is 26.2 Å². The molecule has 2 aromatic heterocycles. The Morgan fingerprint density at radius 1 is 1.23 bits per heavy atom. The van der Waals surface area contributed by atoms with Crippen molar-refractivity contribution in [3.05, 3.63) is 58.2 Å². The van der Waals surface area contributed by atoms with Crippen LogP contribution >= 0.6 is 11.3 Å². The van der Waals surface area contributed by atoms with Crippen molar-refractivity contribution >= 4 is 22.3 Å². The number of nitriles is 1. The summed E-state index contributed by atoms with van der Waals surface area (Å²) < 4.78 is 5.36. The third-order valence-electron chi connectivity index (χ3n) is 4.82. The summed E-state index contributed by atoms with van der Waals surface area (Å²) in [6.45, 7) is 3.24. The molecule has 0 aliphatic carbocycles. The van der Waals surface area contributed by atoms with Gasteiger partial charge in [-0.3, -0.25) is 9.78 Å². The van der Waals surface area contributed by atoms with Gasteiger partial charge < -0.3 is 15.4 Å². The number of hydrogen-bond acceptors (Lipinski definition) is 9. The SMILES string of the molecule is N#Cc1ccc(-c2ccc(CCN)cn2)c(C(=O)c2nnc(N3CCOCC3)s2)c1. The van der Waals surface area contributed by atoms with Gasteiger partial charge >= 0.3 is 0 Å². The summed E-state index contributed by atoms with van der Waals surface area (Å²) in [5.74, 6) is -0.271. The first-order valence-electron chi connectivity index (χ1n) is 9.60. The van der Waals surface area contributed by atoms with Crippen molar-refractivity contribution in [2.75, 3.05) is 37.7 Å². The first-order valence-corrected chi connectivity index (χ1v) is 10.4. The number of ether oxygens (including phenoxy) is 1. The third-order valence-corrected chi connectivity index (χ3v) is 5.80. The smallest absolute Gasteiger partial charge is 0.224 e. The molecule has 0 bridgehead atoms. The number of carbonyl (C=O) groups excluding carboxylic acids is 1. The summed E-state index contributed by atoms with van der Waals surface area (Å²) in [5, 5.41) is 18.6. The van der Waals surface area contributed by atoms with Crippen molar-refractivity contribution < 1.29 is 9.53 Å². The predicted octanol–water partition coefficient (Wildman–Crippen LogP) is 2.04. The molecular weight excluding hydrogens is 400 g/mol. The molecule has 0 spiro atoms. The predicted molar refractivity (Wildman–Crippen MR) is 114 cm³/mol. The van der Waals surface area contributed by atoms with Crippen LogP contribution in [0.25, 0.3) is 11.3 Å². The summed E-state index contributed by atoms with van der Waals surface area (Å²) in [6.07, 6.45) is 2.50. The van der Waals surface area contributed by atoms with Crippen molar-refractivity contribution in [2.45, 2.75) is 6.42 Å². The molecule has 4 rings (SSSR count). The average molecular weight is 420 g/mol. The molecule has 3 aromatic rings. The Hall–Kier alpha value is -3.19. The highest BCUT2D eigenvalue weighted by Crippen LogP contribution is 2.29. The summed E-state index contributed by atoms with van der Waals surface area (Å²) in [5.41, 5.74) is 8.73. The van der Waals surface area contributed by atoms with Crippen LogP contribution in [0.15, 0.2) is 36.5 Å². The monoisotopic (exact) mass is 420 g/mol. The first kappa shape index (κ1) is 20.1. The molecule has 0 amide bonds.